The van der Waals surface area contributed by atoms with Crippen LogP contribution in [0.5, 0.6) is 0 Å². The van der Waals surface area contributed by atoms with Crippen LogP contribution < -0.4 is 10.2 Å². The van der Waals surface area contributed by atoms with E-state index in [2.05, 4.69) is 81.4 Å². The van der Waals surface area contributed by atoms with Gasteiger partial charge in [0, 0.05) is 38.9 Å². The fourth-order valence-corrected chi connectivity index (χ4v) is 2.41. The SMILES string of the molecule is CC(C)CC(CN(C)C)NCc1ccc(N(C)C)cc1. The molecule has 0 spiro atoms. The van der Waals surface area contributed by atoms with Crippen molar-refractivity contribution in [3.8, 4) is 0 Å². The van der Waals surface area contributed by atoms with Gasteiger partial charge in [-0.25, -0.2) is 0 Å². The van der Waals surface area contributed by atoms with Gasteiger partial charge in [0.25, 0.3) is 0 Å². The number of nitrogens with zero attached hydrogens (tertiary/aromatic N) is 2. The van der Waals surface area contributed by atoms with E-state index < -0.39 is 0 Å². The maximum absolute atomic E-state index is 3.69. The minimum Gasteiger partial charge on any atom is -0.378 e. The van der Waals surface area contributed by atoms with Crippen LogP contribution in [-0.2, 0) is 6.54 Å². The fourth-order valence-electron chi connectivity index (χ4n) is 2.41. The van der Waals surface area contributed by atoms with E-state index in [1.165, 1.54) is 17.7 Å². The molecule has 0 saturated carbocycles. The highest BCUT2D eigenvalue weighted by Crippen LogP contribution is 2.13. The van der Waals surface area contributed by atoms with E-state index in [-0.39, 0.29) is 0 Å². The van der Waals surface area contributed by atoms with E-state index in [0.717, 1.165) is 19.0 Å². The third kappa shape index (κ3) is 6.40. The molecule has 3 nitrogen and oxygen atoms in total. The molecule has 1 aromatic carbocycles. The molecule has 0 aromatic heterocycles. The van der Waals surface area contributed by atoms with Gasteiger partial charge in [-0.05, 0) is 44.1 Å². The standard InChI is InChI=1S/C17H31N3/c1-14(2)11-16(13-19(3)4)18-12-15-7-9-17(10-8-15)20(5)6/h7-10,14,16,18H,11-13H2,1-6H3. The van der Waals surface area contributed by atoms with E-state index in [4.69, 9.17) is 0 Å². The third-order valence-corrected chi connectivity index (χ3v) is 3.39. The van der Waals surface area contributed by atoms with Crippen LogP contribution in [0.1, 0.15) is 25.8 Å². The van der Waals surface area contributed by atoms with Crippen LogP contribution in [-0.4, -0.2) is 45.7 Å². The first kappa shape index (κ1) is 17.0. The molecule has 20 heavy (non-hydrogen) atoms. The Hall–Kier alpha value is -1.06. The molecule has 0 aliphatic heterocycles. The fraction of sp³-hybridized carbons (Fsp3) is 0.647. The van der Waals surface area contributed by atoms with Crippen LogP contribution in [0.25, 0.3) is 0 Å². The summed E-state index contributed by atoms with van der Waals surface area (Å²) in [5.41, 5.74) is 2.60. The van der Waals surface area contributed by atoms with Gasteiger partial charge < -0.3 is 15.1 Å². The number of hydrogen-bond donors (Lipinski definition) is 1. The molecule has 1 atom stereocenters. The number of anilines is 1. The summed E-state index contributed by atoms with van der Waals surface area (Å²) in [5, 5.41) is 3.69. The highest BCUT2D eigenvalue weighted by atomic mass is 15.1. The molecule has 3 heteroatoms. The molecule has 0 radical (unpaired) electrons. The minimum atomic E-state index is 0.554. The van der Waals surface area contributed by atoms with Crippen molar-refractivity contribution in [2.45, 2.75) is 32.9 Å². The summed E-state index contributed by atoms with van der Waals surface area (Å²) < 4.78 is 0. The Morgan fingerprint density at radius 2 is 1.60 bits per heavy atom. The van der Waals surface area contributed by atoms with Crippen LogP contribution in [0.3, 0.4) is 0 Å². The van der Waals surface area contributed by atoms with Crippen LogP contribution in [0, 0.1) is 5.92 Å². The topological polar surface area (TPSA) is 18.5 Å². The molecule has 0 aliphatic carbocycles. The highest BCUT2D eigenvalue weighted by molar-refractivity contribution is 5.45. The van der Waals surface area contributed by atoms with Crippen molar-refractivity contribution in [1.29, 1.82) is 0 Å². The zero-order valence-corrected chi connectivity index (χ0v) is 14.0. The summed E-state index contributed by atoms with van der Waals surface area (Å²) in [6, 6.07) is 9.34. The second kappa shape index (κ2) is 8.28. The predicted octanol–water partition coefficient (Wildman–Crippen LogP) is 2.82. The minimum absolute atomic E-state index is 0.554. The van der Waals surface area contributed by atoms with Crippen molar-refractivity contribution in [3.63, 3.8) is 0 Å². The Morgan fingerprint density at radius 3 is 2.05 bits per heavy atom. The van der Waals surface area contributed by atoms with Gasteiger partial charge in [-0.1, -0.05) is 26.0 Å². The molecule has 0 amide bonds. The predicted molar refractivity (Wildman–Crippen MR) is 89.4 cm³/mol. The van der Waals surface area contributed by atoms with Gasteiger partial charge in [-0.3, -0.25) is 0 Å². The van der Waals surface area contributed by atoms with Crippen LogP contribution in [0.4, 0.5) is 5.69 Å². The maximum atomic E-state index is 3.69. The highest BCUT2D eigenvalue weighted by Gasteiger charge is 2.11. The van der Waals surface area contributed by atoms with Crippen LogP contribution in [0.15, 0.2) is 24.3 Å². The number of hydrogen-bond acceptors (Lipinski definition) is 3. The van der Waals surface area contributed by atoms with Crippen molar-refractivity contribution in [2.75, 3.05) is 39.6 Å². The Kier molecular flexibility index (Phi) is 7.03. The van der Waals surface area contributed by atoms with Crippen molar-refractivity contribution >= 4 is 5.69 Å². The lowest BCUT2D eigenvalue weighted by Gasteiger charge is -2.24. The summed E-state index contributed by atoms with van der Waals surface area (Å²) in [7, 11) is 8.42. The van der Waals surface area contributed by atoms with Crippen molar-refractivity contribution in [3.05, 3.63) is 29.8 Å². The number of benzene rings is 1. The Labute approximate surface area is 125 Å². The molecular weight excluding hydrogens is 246 g/mol. The van der Waals surface area contributed by atoms with Gasteiger partial charge in [0.05, 0.1) is 0 Å². The number of rotatable bonds is 8. The zero-order chi connectivity index (χ0) is 15.1. The summed E-state index contributed by atoms with van der Waals surface area (Å²) in [4.78, 5) is 4.39. The Morgan fingerprint density at radius 1 is 1.00 bits per heavy atom. The quantitative estimate of drug-likeness (QED) is 0.788. The molecule has 0 heterocycles. The average molecular weight is 277 g/mol. The molecule has 0 saturated heterocycles. The average Bonchev–Trinajstić information content (AvgIpc) is 2.35. The first-order chi connectivity index (χ1) is 9.38. The lowest BCUT2D eigenvalue weighted by molar-refractivity contribution is 0.305. The summed E-state index contributed by atoms with van der Waals surface area (Å²) in [6.07, 6.45) is 1.22. The second-order valence-electron chi connectivity index (χ2n) is 6.53. The summed E-state index contributed by atoms with van der Waals surface area (Å²) in [6.45, 7) is 6.61. The molecule has 0 bridgehead atoms. The second-order valence-corrected chi connectivity index (χ2v) is 6.53. The first-order valence-electron chi connectivity index (χ1n) is 7.53. The molecule has 114 valence electrons. The first-order valence-corrected chi connectivity index (χ1v) is 7.53. The maximum Gasteiger partial charge on any atom is 0.0361 e. The van der Waals surface area contributed by atoms with Gasteiger partial charge in [0.15, 0.2) is 0 Å². The van der Waals surface area contributed by atoms with E-state index in [1.807, 2.05) is 0 Å². The molecular formula is C17H31N3. The monoisotopic (exact) mass is 277 g/mol. The van der Waals surface area contributed by atoms with Crippen molar-refractivity contribution in [2.24, 2.45) is 5.92 Å². The lowest BCUT2D eigenvalue weighted by Crippen LogP contribution is -2.38. The summed E-state index contributed by atoms with van der Waals surface area (Å²) >= 11 is 0. The molecule has 1 unspecified atom stereocenters. The van der Waals surface area contributed by atoms with E-state index in [1.54, 1.807) is 0 Å². The van der Waals surface area contributed by atoms with Crippen molar-refractivity contribution < 1.29 is 0 Å². The van der Waals surface area contributed by atoms with Gasteiger partial charge in [-0.15, -0.1) is 0 Å². The molecule has 1 aromatic rings. The molecule has 1 N–H and O–H groups in total. The van der Waals surface area contributed by atoms with E-state index >= 15 is 0 Å². The van der Waals surface area contributed by atoms with Crippen LogP contribution >= 0.6 is 0 Å². The summed E-state index contributed by atoms with van der Waals surface area (Å²) in [5.74, 6) is 0.726. The Bertz CT molecular complexity index is 358. The lowest BCUT2D eigenvalue weighted by atomic mass is 10.0. The molecule has 1 rings (SSSR count). The van der Waals surface area contributed by atoms with Crippen molar-refractivity contribution in [1.82, 2.24) is 10.2 Å². The van der Waals surface area contributed by atoms with Gasteiger partial charge in [0.1, 0.15) is 0 Å². The third-order valence-electron chi connectivity index (χ3n) is 3.39. The van der Waals surface area contributed by atoms with Gasteiger partial charge >= 0.3 is 0 Å². The molecule has 0 fully saturated rings. The van der Waals surface area contributed by atoms with E-state index in [9.17, 15) is 0 Å². The Balaban J connectivity index is 2.53. The smallest absolute Gasteiger partial charge is 0.0361 e. The normalized spacial score (nSPS) is 13.0. The number of likely N-dealkylation sites (N-methyl/N-ethyl adjacent to an activating group) is 1. The van der Waals surface area contributed by atoms with E-state index in [0.29, 0.717) is 6.04 Å². The molecule has 0 aliphatic rings. The number of nitrogens with one attached hydrogen (secondary N) is 1. The van der Waals surface area contributed by atoms with Gasteiger partial charge in [0.2, 0.25) is 0 Å². The zero-order valence-electron chi connectivity index (χ0n) is 14.0. The largest absolute Gasteiger partial charge is 0.378 e. The van der Waals surface area contributed by atoms with Crippen LogP contribution in [0.2, 0.25) is 0 Å². The van der Waals surface area contributed by atoms with Gasteiger partial charge in [-0.2, -0.15) is 0 Å².